The molecule has 0 saturated heterocycles. The number of halogens is 4. The second-order valence-electron chi connectivity index (χ2n) is 5.14. The van der Waals surface area contributed by atoms with Gasteiger partial charge in [0.15, 0.2) is 0 Å². The Morgan fingerprint density at radius 3 is 2.36 bits per heavy atom. The van der Waals surface area contributed by atoms with Crippen molar-refractivity contribution in [1.82, 2.24) is 0 Å². The highest BCUT2D eigenvalue weighted by molar-refractivity contribution is 5.94. The van der Waals surface area contributed by atoms with E-state index in [-0.39, 0.29) is 6.42 Å². The minimum absolute atomic E-state index is 0.189. The molecule has 1 aromatic carbocycles. The van der Waals surface area contributed by atoms with Crippen LogP contribution in [0.2, 0.25) is 0 Å². The second-order valence-corrected chi connectivity index (χ2v) is 5.14. The van der Waals surface area contributed by atoms with Gasteiger partial charge in [0.05, 0.1) is 5.69 Å². The van der Waals surface area contributed by atoms with Gasteiger partial charge in [-0.1, -0.05) is 35.9 Å². The molecule has 0 saturated carbocycles. The number of allylic oxidation sites excluding steroid dienone is 3. The van der Waals surface area contributed by atoms with Gasteiger partial charge in [-0.05, 0) is 38.5 Å². The van der Waals surface area contributed by atoms with Crippen molar-refractivity contribution in [2.75, 3.05) is 0 Å². The van der Waals surface area contributed by atoms with Gasteiger partial charge in [0, 0.05) is 12.1 Å². The fraction of sp³-hybridized carbons (Fsp3) is 0.353. The van der Waals surface area contributed by atoms with Crippen molar-refractivity contribution in [2.24, 2.45) is 4.99 Å². The van der Waals surface area contributed by atoms with Gasteiger partial charge in [0.1, 0.15) is 0 Å². The van der Waals surface area contributed by atoms with Crippen molar-refractivity contribution in [2.45, 2.75) is 39.0 Å². The summed E-state index contributed by atoms with van der Waals surface area (Å²) in [5.74, 6) is -3.97. The average molecular weight is 313 g/mol. The van der Waals surface area contributed by atoms with Gasteiger partial charge in [0.25, 0.3) is 0 Å². The summed E-state index contributed by atoms with van der Waals surface area (Å²) >= 11 is 0. The zero-order chi connectivity index (χ0) is 16.8. The first-order chi connectivity index (χ1) is 10.2. The summed E-state index contributed by atoms with van der Waals surface area (Å²) in [6, 6.07) is 7.59. The second kappa shape index (κ2) is 7.92. The van der Waals surface area contributed by atoms with Crippen molar-refractivity contribution in [3.63, 3.8) is 0 Å². The molecule has 0 heterocycles. The Kier molecular flexibility index (Phi) is 6.53. The van der Waals surface area contributed by atoms with Crippen LogP contribution in [0, 0.1) is 6.92 Å². The molecule has 0 unspecified atom stereocenters. The standard InChI is InChI=1S/C17H19F4N/c1-12-5-8-15(9-6-12)22-14(3)7-4-13(2)10-11-17(20,21)16(18)19/h4-9,16H,2,10-11H2,1,3H3/b7-4+,22-14?. The Morgan fingerprint density at radius 2 is 1.82 bits per heavy atom. The molecule has 0 fully saturated rings. The lowest BCUT2D eigenvalue weighted by Gasteiger charge is -2.14. The molecule has 0 amide bonds. The normalized spacial score (nSPS) is 13.1. The van der Waals surface area contributed by atoms with E-state index in [1.807, 2.05) is 31.2 Å². The molecule has 0 bridgehead atoms. The first-order valence-electron chi connectivity index (χ1n) is 6.84. The lowest BCUT2D eigenvalue weighted by Crippen LogP contribution is -2.26. The van der Waals surface area contributed by atoms with Crippen LogP contribution in [0.4, 0.5) is 23.2 Å². The van der Waals surface area contributed by atoms with Crippen LogP contribution in [0.1, 0.15) is 25.3 Å². The quantitative estimate of drug-likeness (QED) is 0.338. The van der Waals surface area contributed by atoms with Gasteiger partial charge in [0.2, 0.25) is 0 Å². The van der Waals surface area contributed by atoms with E-state index in [4.69, 9.17) is 0 Å². The highest BCUT2D eigenvalue weighted by Gasteiger charge is 2.39. The van der Waals surface area contributed by atoms with Gasteiger partial charge in [-0.2, -0.15) is 0 Å². The predicted octanol–water partition coefficient (Wildman–Crippen LogP) is 5.88. The van der Waals surface area contributed by atoms with E-state index in [0.29, 0.717) is 11.3 Å². The van der Waals surface area contributed by atoms with Crippen LogP contribution in [-0.2, 0) is 0 Å². The number of aliphatic imine (C=N–C) groups is 1. The number of alkyl halides is 4. The minimum Gasteiger partial charge on any atom is -0.254 e. The van der Waals surface area contributed by atoms with Crippen molar-refractivity contribution >= 4 is 11.4 Å². The number of benzene rings is 1. The van der Waals surface area contributed by atoms with Crippen LogP contribution >= 0.6 is 0 Å². The molecular weight excluding hydrogens is 294 g/mol. The van der Waals surface area contributed by atoms with Gasteiger partial charge >= 0.3 is 12.3 Å². The highest BCUT2D eigenvalue weighted by Crippen LogP contribution is 2.29. The van der Waals surface area contributed by atoms with Crippen molar-refractivity contribution in [3.8, 4) is 0 Å². The smallest absolute Gasteiger partial charge is 0.254 e. The molecule has 0 atom stereocenters. The lowest BCUT2D eigenvalue weighted by atomic mass is 10.1. The zero-order valence-corrected chi connectivity index (χ0v) is 12.6. The van der Waals surface area contributed by atoms with E-state index in [9.17, 15) is 17.6 Å². The first-order valence-corrected chi connectivity index (χ1v) is 6.84. The fourth-order valence-electron chi connectivity index (χ4n) is 1.62. The molecular formula is C17H19F4N. The molecule has 0 aliphatic rings. The molecule has 0 radical (unpaired) electrons. The number of nitrogens with zero attached hydrogens (tertiary/aromatic N) is 1. The maximum absolute atomic E-state index is 12.8. The van der Waals surface area contributed by atoms with Crippen LogP contribution in [-0.4, -0.2) is 18.1 Å². The third-order valence-electron chi connectivity index (χ3n) is 3.00. The first kappa shape index (κ1) is 18.1. The molecule has 0 aromatic heterocycles. The number of rotatable bonds is 7. The van der Waals surface area contributed by atoms with Crippen molar-refractivity contribution in [3.05, 3.63) is 54.1 Å². The summed E-state index contributed by atoms with van der Waals surface area (Å²) < 4.78 is 49.6. The summed E-state index contributed by atoms with van der Waals surface area (Å²) in [6.45, 7) is 7.32. The van der Waals surface area contributed by atoms with Gasteiger partial charge in [-0.25, -0.2) is 17.6 Å². The fourth-order valence-corrected chi connectivity index (χ4v) is 1.62. The van der Waals surface area contributed by atoms with Crippen molar-refractivity contribution in [1.29, 1.82) is 0 Å². The highest BCUT2D eigenvalue weighted by atomic mass is 19.3. The Hall–Kier alpha value is -1.91. The van der Waals surface area contributed by atoms with Crippen LogP contribution in [0.3, 0.4) is 0 Å². The molecule has 0 aliphatic heterocycles. The van der Waals surface area contributed by atoms with E-state index in [0.717, 1.165) is 11.3 Å². The van der Waals surface area contributed by atoms with Crippen LogP contribution < -0.4 is 0 Å². The van der Waals surface area contributed by atoms with Crippen LogP contribution in [0.25, 0.3) is 0 Å². The average Bonchev–Trinajstić information content (AvgIpc) is 2.45. The van der Waals surface area contributed by atoms with E-state index in [2.05, 4.69) is 11.6 Å². The summed E-state index contributed by atoms with van der Waals surface area (Å²) in [5.41, 5.74) is 2.94. The summed E-state index contributed by atoms with van der Waals surface area (Å²) in [4.78, 5) is 4.33. The Morgan fingerprint density at radius 1 is 1.23 bits per heavy atom. The molecule has 0 aliphatic carbocycles. The van der Waals surface area contributed by atoms with E-state index < -0.39 is 18.8 Å². The molecule has 22 heavy (non-hydrogen) atoms. The van der Waals surface area contributed by atoms with E-state index >= 15 is 0 Å². The molecule has 0 spiro atoms. The third-order valence-corrected chi connectivity index (χ3v) is 3.00. The molecule has 5 heteroatoms. The van der Waals surface area contributed by atoms with Gasteiger partial charge in [-0.3, -0.25) is 4.99 Å². The largest absolute Gasteiger partial charge is 0.307 e. The summed E-state index contributed by atoms with van der Waals surface area (Å²) in [6.07, 6.45) is -1.60. The molecule has 1 nitrogen and oxygen atoms in total. The molecule has 1 rings (SSSR count). The number of hydrogen-bond acceptors (Lipinski definition) is 1. The van der Waals surface area contributed by atoms with E-state index in [1.54, 1.807) is 13.0 Å². The summed E-state index contributed by atoms with van der Waals surface area (Å²) in [5, 5.41) is 0. The maximum Gasteiger partial charge on any atom is 0.307 e. The number of hydrogen-bond donors (Lipinski definition) is 0. The van der Waals surface area contributed by atoms with E-state index in [1.165, 1.54) is 6.08 Å². The molecule has 0 N–H and O–H groups in total. The van der Waals surface area contributed by atoms with Gasteiger partial charge in [-0.15, -0.1) is 0 Å². The third kappa shape index (κ3) is 6.24. The topological polar surface area (TPSA) is 12.4 Å². The Labute approximate surface area is 128 Å². The minimum atomic E-state index is -3.97. The van der Waals surface area contributed by atoms with Crippen LogP contribution in [0.15, 0.2) is 53.6 Å². The SMILES string of the molecule is C=C(/C=C/C(C)=Nc1ccc(C)cc1)CCC(F)(F)C(F)F. The summed E-state index contributed by atoms with van der Waals surface area (Å²) in [7, 11) is 0. The molecule has 1 aromatic rings. The Balaban J connectivity index is 2.56. The lowest BCUT2D eigenvalue weighted by molar-refractivity contribution is -0.132. The molecule has 120 valence electrons. The predicted molar refractivity (Wildman–Crippen MR) is 82.4 cm³/mol. The number of aryl methyl sites for hydroxylation is 1. The maximum atomic E-state index is 12.8. The Bertz CT molecular complexity index is 557. The monoisotopic (exact) mass is 313 g/mol. The van der Waals surface area contributed by atoms with Crippen LogP contribution in [0.5, 0.6) is 0 Å². The van der Waals surface area contributed by atoms with Crippen molar-refractivity contribution < 1.29 is 17.6 Å². The van der Waals surface area contributed by atoms with Gasteiger partial charge < -0.3 is 0 Å². The zero-order valence-electron chi connectivity index (χ0n) is 12.6.